The lowest BCUT2D eigenvalue weighted by atomic mass is 10.1. The maximum absolute atomic E-state index is 11.3. The van der Waals surface area contributed by atoms with Crippen LogP contribution in [0.2, 0.25) is 0 Å². The molecule has 0 radical (unpaired) electrons. The van der Waals surface area contributed by atoms with Crippen LogP contribution in [0.5, 0.6) is 0 Å². The molecule has 5 nitrogen and oxygen atoms in total. The van der Waals surface area contributed by atoms with Gasteiger partial charge in [0.25, 0.3) is 0 Å². The quantitative estimate of drug-likeness (QED) is 0.607. The van der Waals surface area contributed by atoms with E-state index >= 15 is 0 Å². The van der Waals surface area contributed by atoms with Crippen LogP contribution in [0.25, 0.3) is 0 Å². The number of pyridine rings is 1. The van der Waals surface area contributed by atoms with Crippen LogP contribution in [0.15, 0.2) is 24.5 Å². The topological polar surface area (TPSA) is 82.5 Å². The van der Waals surface area contributed by atoms with Crippen molar-refractivity contribution in [3.05, 3.63) is 30.1 Å². The molecule has 1 amide bonds. The molecule has 16 heavy (non-hydrogen) atoms. The fraction of sp³-hybridized carbons (Fsp3) is 0.455. The minimum atomic E-state index is -0.884. The molecule has 3 N–H and O–H groups in total. The summed E-state index contributed by atoms with van der Waals surface area (Å²) in [4.78, 5) is 15.2. The minimum Gasteiger partial charge on any atom is -0.394 e. The highest BCUT2D eigenvalue weighted by atomic mass is 16.3. The Morgan fingerprint density at radius 1 is 1.44 bits per heavy atom. The third-order valence-electron chi connectivity index (χ3n) is 2.14. The molecule has 5 heteroatoms. The van der Waals surface area contributed by atoms with Crippen molar-refractivity contribution in [2.45, 2.75) is 18.9 Å². The maximum atomic E-state index is 11.3. The summed E-state index contributed by atoms with van der Waals surface area (Å²) < 4.78 is 0. The van der Waals surface area contributed by atoms with Crippen molar-refractivity contribution >= 4 is 5.91 Å². The highest BCUT2D eigenvalue weighted by Gasteiger charge is 2.05. The number of carbonyl (C=O) groups excluding carboxylic acids is 1. The van der Waals surface area contributed by atoms with Gasteiger partial charge < -0.3 is 15.5 Å². The van der Waals surface area contributed by atoms with Gasteiger partial charge in [-0.1, -0.05) is 0 Å². The summed E-state index contributed by atoms with van der Waals surface area (Å²) in [5, 5.41) is 20.1. The molecule has 1 aromatic heterocycles. The molecule has 0 saturated carbocycles. The van der Waals surface area contributed by atoms with Crippen molar-refractivity contribution in [2.24, 2.45) is 0 Å². The van der Waals surface area contributed by atoms with E-state index in [0.717, 1.165) is 5.56 Å². The Hall–Kier alpha value is -1.46. The average Bonchev–Trinajstić information content (AvgIpc) is 2.34. The van der Waals surface area contributed by atoms with Crippen molar-refractivity contribution < 1.29 is 15.0 Å². The summed E-state index contributed by atoms with van der Waals surface area (Å²) in [5.41, 5.74) is 1.05. The Balaban J connectivity index is 2.20. The van der Waals surface area contributed by atoms with E-state index in [2.05, 4.69) is 10.3 Å². The Labute approximate surface area is 94.1 Å². The highest BCUT2D eigenvalue weighted by Crippen LogP contribution is 2.00. The Morgan fingerprint density at radius 2 is 2.12 bits per heavy atom. The number of aromatic nitrogens is 1. The smallest absolute Gasteiger partial charge is 0.220 e. The second-order valence-corrected chi connectivity index (χ2v) is 3.50. The number of nitrogens with zero attached hydrogens (tertiary/aromatic N) is 1. The molecule has 0 fully saturated rings. The molecule has 1 heterocycles. The molecule has 88 valence electrons. The van der Waals surface area contributed by atoms with E-state index in [4.69, 9.17) is 10.2 Å². The second-order valence-electron chi connectivity index (χ2n) is 3.50. The van der Waals surface area contributed by atoms with Gasteiger partial charge in [0.1, 0.15) is 0 Å². The first-order valence-corrected chi connectivity index (χ1v) is 5.17. The number of aliphatic hydroxyl groups is 2. The van der Waals surface area contributed by atoms with Gasteiger partial charge in [0.2, 0.25) is 5.91 Å². The summed E-state index contributed by atoms with van der Waals surface area (Å²) in [6.45, 7) is -0.254. The van der Waals surface area contributed by atoms with Crippen LogP contribution in [0, 0.1) is 0 Å². The van der Waals surface area contributed by atoms with Crippen LogP contribution in [-0.2, 0) is 11.2 Å². The third kappa shape index (κ3) is 4.86. The van der Waals surface area contributed by atoms with Crippen molar-refractivity contribution in [3.63, 3.8) is 0 Å². The monoisotopic (exact) mass is 224 g/mol. The zero-order valence-electron chi connectivity index (χ0n) is 8.97. The van der Waals surface area contributed by atoms with Gasteiger partial charge in [-0.15, -0.1) is 0 Å². The fourth-order valence-electron chi connectivity index (χ4n) is 1.19. The predicted octanol–water partition coefficient (Wildman–Crippen LogP) is -0.516. The van der Waals surface area contributed by atoms with Gasteiger partial charge in [0.15, 0.2) is 0 Å². The van der Waals surface area contributed by atoms with Crippen molar-refractivity contribution in [1.29, 1.82) is 0 Å². The lowest BCUT2D eigenvalue weighted by Gasteiger charge is -2.08. The zero-order valence-corrected chi connectivity index (χ0v) is 8.97. The Kier molecular flexibility index (Phi) is 5.45. The first-order chi connectivity index (χ1) is 7.72. The van der Waals surface area contributed by atoms with E-state index in [1.54, 1.807) is 12.4 Å². The van der Waals surface area contributed by atoms with E-state index in [0.29, 0.717) is 12.8 Å². The lowest BCUT2D eigenvalue weighted by molar-refractivity contribution is -0.121. The first kappa shape index (κ1) is 12.6. The SMILES string of the molecule is O=C(CCc1ccncc1)NCC(O)CO. The van der Waals surface area contributed by atoms with E-state index in [9.17, 15) is 4.79 Å². The molecule has 1 unspecified atom stereocenters. The number of carbonyl (C=O) groups is 1. The third-order valence-corrected chi connectivity index (χ3v) is 2.14. The number of aliphatic hydroxyl groups excluding tert-OH is 2. The number of hydrogen-bond donors (Lipinski definition) is 3. The summed E-state index contributed by atoms with van der Waals surface area (Å²) in [6.07, 6.45) is 3.49. The molecular weight excluding hydrogens is 208 g/mol. The molecule has 0 aliphatic carbocycles. The molecule has 0 saturated heterocycles. The van der Waals surface area contributed by atoms with E-state index < -0.39 is 6.10 Å². The van der Waals surface area contributed by atoms with Gasteiger partial charge in [-0.25, -0.2) is 0 Å². The Bertz CT molecular complexity index is 316. The standard InChI is InChI=1S/C11H16N2O3/c14-8-10(15)7-13-11(16)2-1-9-3-5-12-6-4-9/h3-6,10,14-15H,1-2,7-8H2,(H,13,16). The van der Waals surface area contributed by atoms with Crippen molar-refractivity contribution in [3.8, 4) is 0 Å². The zero-order chi connectivity index (χ0) is 11.8. The molecule has 0 aliphatic heterocycles. The molecule has 0 bridgehead atoms. The molecule has 0 aromatic carbocycles. The second kappa shape index (κ2) is 6.92. The summed E-state index contributed by atoms with van der Waals surface area (Å²) in [5.74, 6) is -0.135. The van der Waals surface area contributed by atoms with Gasteiger partial charge in [0, 0.05) is 25.4 Å². The largest absolute Gasteiger partial charge is 0.394 e. The van der Waals surface area contributed by atoms with Crippen LogP contribution in [0.4, 0.5) is 0 Å². The highest BCUT2D eigenvalue weighted by molar-refractivity contribution is 5.76. The van der Waals surface area contributed by atoms with Gasteiger partial charge in [0.05, 0.1) is 12.7 Å². The number of amides is 1. The molecule has 0 aliphatic rings. The number of nitrogens with one attached hydrogen (secondary N) is 1. The summed E-state index contributed by atoms with van der Waals surface area (Å²) >= 11 is 0. The average molecular weight is 224 g/mol. The minimum absolute atomic E-state index is 0.0890. The predicted molar refractivity (Wildman–Crippen MR) is 58.7 cm³/mol. The lowest BCUT2D eigenvalue weighted by Crippen LogP contribution is -2.33. The molecule has 1 atom stereocenters. The van der Waals surface area contributed by atoms with E-state index in [-0.39, 0.29) is 19.1 Å². The normalized spacial score (nSPS) is 12.1. The van der Waals surface area contributed by atoms with Crippen molar-refractivity contribution in [1.82, 2.24) is 10.3 Å². The fourth-order valence-corrected chi connectivity index (χ4v) is 1.19. The van der Waals surface area contributed by atoms with Crippen LogP contribution >= 0.6 is 0 Å². The van der Waals surface area contributed by atoms with Crippen LogP contribution in [-0.4, -0.2) is 40.4 Å². The van der Waals surface area contributed by atoms with Gasteiger partial charge >= 0.3 is 0 Å². The number of rotatable bonds is 6. The summed E-state index contributed by atoms with van der Waals surface area (Å²) in [6, 6.07) is 3.71. The molecule has 1 rings (SSSR count). The van der Waals surface area contributed by atoms with Gasteiger partial charge in [-0.3, -0.25) is 9.78 Å². The van der Waals surface area contributed by atoms with Crippen LogP contribution in [0.1, 0.15) is 12.0 Å². The van der Waals surface area contributed by atoms with Crippen LogP contribution in [0.3, 0.4) is 0 Å². The number of aryl methyl sites for hydroxylation is 1. The van der Waals surface area contributed by atoms with E-state index in [1.165, 1.54) is 0 Å². The van der Waals surface area contributed by atoms with E-state index in [1.807, 2.05) is 12.1 Å². The molecule has 0 spiro atoms. The maximum Gasteiger partial charge on any atom is 0.220 e. The molecule has 1 aromatic rings. The number of hydrogen-bond acceptors (Lipinski definition) is 4. The Morgan fingerprint density at radius 3 is 2.75 bits per heavy atom. The van der Waals surface area contributed by atoms with Crippen molar-refractivity contribution in [2.75, 3.05) is 13.2 Å². The van der Waals surface area contributed by atoms with Gasteiger partial charge in [-0.05, 0) is 24.1 Å². The van der Waals surface area contributed by atoms with Gasteiger partial charge in [-0.2, -0.15) is 0 Å². The van der Waals surface area contributed by atoms with Crippen LogP contribution < -0.4 is 5.32 Å². The first-order valence-electron chi connectivity index (χ1n) is 5.17. The molecular formula is C11H16N2O3. The summed E-state index contributed by atoms with van der Waals surface area (Å²) in [7, 11) is 0.